The van der Waals surface area contributed by atoms with Gasteiger partial charge in [-0.3, -0.25) is 0 Å². The van der Waals surface area contributed by atoms with Gasteiger partial charge >= 0.3 is 0 Å². The number of benzene rings is 1. The minimum Gasteiger partial charge on any atom is -0.385 e. The van der Waals surface area contributed by atoms with E-state index >= 15 is 0 Å². The topological polar surface area (TPSA) is 72.2 Å². The Morgan fingerprint density at radius 3 is 2.35 bits per heavy atom. The van der Waals surface area contributed by atoms with Crippen LogP contribution in [0.3, 0.4) is 0 Å². The Kier molecular flexibility index (Phi) is 5.44. The average Bonchev–Trinajstić information content (AvgIpc) is 2.25. The molecular formula is C12H20N2O2S. The smallest absolute Gasteiger partial charge is 0.213 e. The first-order valence-corrected chi connectivity index (χ1v) is 7.56. The standard InChI is InChI=1S/C12H20N2O2S/c1-2-3-4-9-14-12-7-5-11(6-8-12)10-17(13,15)16/h5-8,14H,2-4,9-10H2,1H3,(H2,13,15,16). The monoisotopic (exact) mass is 256 g/mol. The molecule has 0 saturated heterocycles. The second-order valence-electron chi connectivity index (χ2n) is 4.14. The fourth-order valence-corrected chi connectivity index (χ4v) is 2.22. The fraction of sp³-hybridized carbons (Fsp3) is 0.500. The van der Waals surface area contributed by atoms with Gasteiger partial charge in [0.1, 0.15) is 0 Å². The van der Waals surface area contributed by atoms with E-state index in [1.54, 1.807) is 12.1 Å². The Morgan fingerprint density at radius 2 is 1.82 bits per heavy atom. The molecule has 0 unspecified atom stereocenters. The summed E-state index contributed by atoms with van der Waals surface area (Å²) >= 11 is 0. The molecule has 17 heavy (non-hydrogen) atoms. The van der Waals surface area contributed by atoms with Gasteiger partial charge in [-0.05, 0) is 24.1 Å². The molecule has 0 saturated carbocycles. The van der Waals surface area contributed by atoms with Crippen LogP contribution in [0.15, 0.2) is 24.3 Å². The zero-order valence-corrected chi connectivity index (χ0v) is 11.0. The molecule has 0 amide bonds. The normalized spacial score (nSPS) is 11.4. The summed E-state index contributed by atoms with van der Waals surface area (Å²) in [5, 5.41) is 8.26. The first-order valence-electron chi connectivity index (χ1n) is 5.84. The maximum Gasteiger partial charge on any atom is 0.213 e. The Bertz CT molecular complexity index is 426. The molecule has 3 N–H and O–H groups in total. The highest BCUT2D eigenvalue weighted by atomic mass is 32.2. The zero-order valence-electron chi connectivity index (χ0n) is 10.1. The highest BCUT2D eigenvalue weighted by Gasteiger charge is 2.04. The van der Waals surface area contributed by atoms with Crippen LogP contribution in [-0.4, -0.2) is 15.0 Å². The van der Waals surface area contributed by atoms with Crippen molar-refractivity contribution in [2.45, 2.75) is 31.9 Å². The van der Waals surface area contributed by atoms with Gasteiger partial charge in [0, 0.05) is 12.2 Å². The van der Waals surface area contributed by atoms with Crippen LogP contribution in [0.25, 0.3) is 0 Å². The number of anilines is 1. The van der Waals surface area contributed by atoms with Crippen LogP contribution in [-0.2, 0) is 15.8 Å². The second-order valence-corrected chi connectivity index (χ2v) is 5.75. The number of unbranched alkanes of at least 4 members (excludes halogenated alkanes) is 2. The summed E-state index contributed by atoms with van der Waals surface area (Å²) in [7, 11) is -3.43. The first kappa shape index (κ1) is 14.0. The fourth-order valence-electron chi connectivity index (χ4n) is 1.56. The van der Waals surface area contributed by atoms with Gasteiger partial charge in [0.15, 0.2) is 0 Å². The summed E-state index contributed by atoms with van der Waals surface area (Å²) in [6.45, 7) is 3.12. The van der Waals surface area contributed by atoms with Crippen LogP contribution in [0, 0.1) is 0 Å². The minimum atomic E-state index is -3.43. The summed E-state index contributed by atoms with van der Waals surface area (Å²) in [4.78, 5) is 0. The minimum absolute atomic E-state index is 0.108. The lowest BCUT2D eigenvalue weighted by molar-refractivity contribution is 0.597. The lowest BCUT2D eigenvalue weighted by Gasteiger charge is -2.06. The molecule has 0 bridgehead atoms. The van der Waals surface area contributed by atoms with E-state index in [1.807, 2.05) is 12.1 Å². The number of hydrogen-bond donors (Lipinski definition) is 2. The van der Waals surface area contributed by atoms with E-state index < -0.39 is 10.0 Å². The van der Waals surface area contributed by atoms with Crippen LogP contribution < -0.4 is 10.5 Å². The van der Waals surface area contributed by atoms with E-state index in [1.165, 1.54) is 12.8 Å². The van der Waals surface area contributed by atoms with Gasteiger partial charge in [0.2, 0.25) is 10.0 Å². The summed E-state index contributed by atoms with van der Waals surface area (Å²) in [5.74, 6) is -0.108. The van der Waals surface area contributed by atoms with Crippen molar-refractivity contribution in [3.8, 4) is 0 Å². The van der Waals surface area contributed by atoms with Gasteiger partial charge in [-0.15, -0.1) is 0 Å². The Morgan fingerprint density at radius 1 is 1.18 bits per heavy atom. The van der Waals surface area contributed by atoms with Gasteiger partial charge < -0.3 is 5.32 Å². The lowest BCUT2D eigenvalue weighted by Crippen LogP contribution is -2.14. The first-order chi connectivity index (χ1) is 8.01. The lowest BCUT2D eigenvalue weighted by atomic mass is 10.2. The molecule has 0 atom stereocenters. The van der Waals surface area contributed by atoms with E-state index in [0.717, 1.165) is 18.7 Å². The third kappa shape index (κ3) is 6.28. The summed E-state index contributed by atoms with van der Waals surface area (Å²) < 4.78 is 21.8. The summed E-state index contributed by atoms with van der Waals surface area (Å²) in [6.07, 6.45) is 3.57. The number of primary sulfonamides is 1. The molecule has 0 spiro atoms. The van der Waals surface area contributed by atoms with Crippen molar-refractivity contribution >= 4 is 15.7 Å². The van der Waals surface area contributed by atoms with E-state index in [0.29, 0.717) is 5.56 Å². The van der Waals surface area contributed by atoms with Crippen molar-refractivity contribution in [1.82, 2.24) is 0 Å². The number of nitrogens with two attached hydrogens (primary N) is 1. The van der Waals surface area contributed by atoms with Crippen molar-refractivity contribution in [1.29, 1.82) is 0 Å². The molecule has 5 heteroatoms. The third-order valence-corrected chi connectivity index (χ3v) is 3.17. The molecule has 0 aliphatic carbocycles. The van der Waals surface area contributed by atoms with Crippen LogP contribution in [0.5, 0.6) is 0 Å². The predicted octanol–water partition coefficient (Wildman–Crippen LogP) is 2.08. The number of hydrogen-bond acceptors (Lipinski definition) is 3. The summed E-state index contributed by atoms with van der Waals surface area (Å²) in [5.41, 5.74) is 1.73. The van der Waals surface area contributed by atoms with Gasteiger partial charge in [0.25, 0.3) is 0 Å². The molecule has 96 valence electrons. The molecular weight excluding hydrogens is 236 g/mol. The molecule has 0 aromatic heterocycles. The Balaban J connectivity index is 2.45. The molecule has 0 heterocycles. The third-order valence-electron chi connectivity index (χ3n) is 2.43. The SMILES string of the molecule is CCCCCNc1ccc(CS(N)(=O)=O)cc1. The molecule has 0 aliphatic heterocycles. The molecule has 1 aromatic carbocycles. The van der Waals surface area contributed by atoms with E-state index in [9.17, 15) is 8.42 Å². The number of rotatable bonds is 7. The van der Waals surface area contributed by atoms with Gasteiger partial charge in [-0.25, -0.2) is 13.6 Å². The Labute approximate surface area is 103 Å². The molecule has 4 nitrogen and oxygen atoms in total. The second kappa shape index (κ2) is 6.61. The maximum absolute atomic E-state index is 10.9. The average molecular weight is 256 g/mol. The number of sulfonamides is 1. The highest BCUT2D eigenvalue weighted by Crippen LogP contribution is 2.11. The summed E-state index contributed by atoms with van der Waals surface area (Å²) in [6, 6.07) is 7.33. The van der Waals surface area contributed by atoms with E-state index in [2.05, 4.69) is 12.2 Å². The van der Waals surface area contributed by atoms with Crippen LogP contribution in [0.2, 0.25) is 0 Å². The van der Waals surface area contributed by atoms with Crippen molar-refractivity contribution in [3.63, 3.8) is 0 Å². The van der Waals surface area contributed by atoms with E-state index in [-0.39, 0.29) is 5.75 Å². The molecule has 0 fully saturated rings. The number of nitrogens with one attached hydrogen (secondary N) is 1. The van der Waals surface area contributed by atoms with Gasteiger partial charge in [0.05, 0.1) is 5.75 Å². The van der Waals surface area contributed by atoms with E-state index in [4.69, 9.17) is 5.14 Å². The largest absolute Gasteiger partial charge is 0.385 e. The molecule has 1 rings (SSSR count). The van der Waals surface area contributed by atoms with Crippen molar-refractivity contribution in [2.24, 2.45) is 5.14 Å². The maximum atomic E-state index is 10.9. The van der Waals surface area contributed by atoms with Crippen molar-refractivity contribution in [2.75, 3.05) is 11.9 Å². The van der Waals surface area contributed by atoms with Crippen molar-refractivity contribution < 1.29 is 8.42 Å². The van der Waals surface area contributed by atoms with Crippen LogP contribution >= 0.6 is 0 Å². The van der Waals surface area contributed by atoms with Crippen molar-refractivity contribution in [3.05, 3.63) is 29.8 Å². The molecule has 1 aromatic rings. The predicted molar refractivity (Wildman–Crippen MR) is 71.3 cm³/mol. The van der Waals surface area contributed by atoms with Crippen LogP contribution in [0.1, 0.15) is 31.7 Å². The molecule has 0 radical (unpaired) electrons. The van der Waals surface area contributed by atoms with Gasteiger partial charge in [-0.2, -0.15) is 0 Å². The quantitative estimate of drug-likeness (QED) is 0.734. The molecule has 0 aliphatic rings. The Hall–Kier alpha value is -1.07. The zero-order chi connectivity index (χ0) is 12.7. The van der Waals surface area contributed by atoms with Crippen LogP contribution in [0.4, 0.5) is 5.69 Å². The highest BCUT2D eigenvalue weighted by molar-refractivity contribution is 7.88. The van der Waals surface area contributed by atoms with Gasteiger partial charge in [-0.1, -0.05) is 31.9 Å².